The predicted molar refractivity (Wildman–Crippen MR) is 122 cm³/mol. The van der Waals surface area contributed by atoms with Crippen molar-refractivity contribution in [3.05, 3.63) is 42.1 Å². The van der Waals surface area contributed by atoms with Crippen LogP contribution < -0.4 is 5.32 Å². The number of hydrogen-bond donors (Lipinski definition) is 1. The van der Waals surface area contributed by atoms with Gasteiger partial charge in [-0.1, -0.05) is 35.5 Å². The molecule has 0 amide bonds. The zero-order chi connectivity index (χ0) is 19.2. The monoisotopic (exact) mass is 512 g/mol. The Morgan fingerprint density at radius 3 is 2.79 bits per heavy atom. The lowest BCUT2D eigenvalue weighted by molar-refractivity contribution is -0.0817. The smallest absolute Gasteiger partial charge is 0.194 e. The van der Waals surface area contributed by atoms with Crippen LogP contribution in [0.25, 0.3) is 11.3 Å². The summed E-state index contributed by atoms with van der Waals surface area (Å²) in [6.07, 6.45) is 2.51. The summed E-state index contributed by atoms with van der Waals surface area (Å²) < 4.78 is 17.3. The first-order valence-corrected chi connectivity index (χ1v) is 10.1. The van der Waals surface area contributed by atoms with Crippen molar-refractivity contribution in [1.29, 1.82) is 0 Å². The average molecular weight is 512 g/mol. The number of rotatable bonds is 5. The molecule has 2 aliphatic rings. The lowest BCUT2D eigenvalue weighted by atomic mass is 10.1. The zero-order valence-electron chi connectivity index (χ0n) is 16.8. The van der Waals surface area contributed by atoms with Crippen LogP contribution in [0.15, 0.2) is 45.9 Å². The van der Waals surface area contributed by atoms with E-state index < -0.39 is 0 Å². The molecule has 1 aromatic carbocycles. The van der Waals surface area contributed by atoms with Crippen molar-refractivity contribution in [1.82, 2.24) is 15.4 Å². The highest BCUT2D eigenvalue weighted by Gasteiger charge is 2.32. The molecule has 0 spiro atoms. The molecule has 2 atom stereocenters. The molecule has 3 heterocycles. The van der Waals surface area contributed by atoms with Crippen molar-refractivity contribution >= 4 is 29.9 Å². The summed E-state index contributed by atoms with van der Waals surface area (Å²) in [5.41, 5.74) is 1.84. The average Bonchev–Trinajstić information content (AvgIpc) is 3.44. The van der Waals surface area contributed by atoms with Gasteiger partial charge in [0, 0.05) is 37.9 Å². The molecule has 4 rings (SSSR count). The van der Waals surface area contributed by atoms with Gasteiger partial charge >= 0.3 is 0 Å². The lowest BCUT2D eigenvalue weighted by Gasteiger charge is -2.37. The van der Waals surface area contributed by atoms with Gasteiger partial charge in [0.25, 0.3) is 0 Å². The van der Waals surface area contributed by atoms with Crippen LogP contribution >= 0.6 is 24.0 Å². The third kappa shape index (κ3) is 5.70. The Morgan fingerprint density at radius 1 is 1.21 bits per heavy atom. The van der Waals surface area contributed by atoms with Gasteiger partial charge in [-0.3, -0.25) is 0 Å². The third-order valence-electron chi connectivity index (χ3n) is 5.12. The van der Waals surface area contributed by atoms with Crippen LogP contribution in [-0.2, 0) is 16.0 Å². The summed E-state index contributed by atoms with van der Waals surface area (Å²) >= 11 is 0. The molecule has 0 aliphatic carbocycles. The van der Waals surface area contributed by atoms with Crippen LogP contribution in [0.5, 0.6) is 0 Å². The molecule has 29 heavy (non-hydrogen) atoms. The Hall–Kier alpha value is -1.65. The molecule has 0 bridgehead atoms. The second-order valence-electron chi connectivity index (χ2n) is 7.13. The maximum atomic E-state index is 5.96. The Morgan fingerprint density at radius 2 is 2.03 bits per heavy atom. The lowest BCUT2D eigenvalue weighted by Crippen LogP contribution is -2.53. The second kappa shape index (κ2) is 10.9. The molecule has 2 saturated heterocycles. The van der Waals surface area contributed by atoms with Crippen molar-refractivity contribution in [2.45, 2.75) is 38.5 Å². The van der Waals surface area contributed by atoms with E-state index >= 15 is 0 Å². The maximum Gasteiger partial charge on any atom is 0.194 e. The van der Waals surface area contributed by atoms with Crippen molar-refractivity contribution in [3.8, 4) is 11.3 Å². The van der Waals surface area contributed by atoms with E-state index in [4.69, 9.17) is 19.0 Å². The molecule has 8 heteroatoms. The van der Waals surface area contributed by atoms with Crippen LogP contribution in [0.2, 0.25) is 0 Å². The van der Waals surface area contributed by atoms with Gasteiger partial charge in [0.15, 0.2) is 11.7 Å². The summed E-state index contributed by atoms with van der Waals surface area (Å²) in [6, 6.07) is 11.9. The summed E-state index contributed by atoms with van der Waals surface area (Å²) in [4.78, 5) is 7.05. The Bertz CT molecular complexity index is 777. The van der Waals surface area contributed by atoms with Gasteiger partial charge in [-0.15, -0.1) is 24.0 Å². The number of hydrogen-bond acceptors (Lipinski definition) is 5. The number of morpholine rings is 1. The Balaban J connectivity index is 0.00000240. The van der Waals surface area contributed by atoms with E-state index in [2.05, 4.69) is 22.3 Å². The quantitative estimate of drug-likeness (QED) is 0.377. The van der Waals surface area contributed by atoms with Gasteiger partial charge in [-0.2, -0.15) is 0 Å². The summed E-state index contributed by atoms with van der Waals surface area (Å²) in [7, 11) is 0. The molecule has 158 valence electrons. The number of nitrogens with one attached hydrogen (secondary N) is 1. The van der Waals surface area contributed by atoms with Gasteiger partial charge < -0.3 is 24.2 Å². The molecular formula is C21H29IN4O3. The molecule has 1 aromatic heterocycles. The number of halogens is 1. The minimum atomic E-state index is 0. The van der Waals surface area contributed by atoms with E-state index in [1.54, 1.807) is 0 Å². The number of guanidine groups is 1. The van der Waals surface area contributed by atoms with Gasteiger partial charge in [0.1, 0.15) is 11.8 Å². The van der Waals surface area contributed by atoms with Crippen LogP contribution in [-0.4, -0.2) is 61.1 Å². The first kappa shape index (κ1) is 22.0. The normalized spacial score (nSPS) is 22.4. The summed E-state index contributed by atoms with van der Waals surface area (Å²) in [6.45, 7) is 6.52. The van der Waals surface area contributed by atoms with Crippen molar-refractivity contribution in [2.75, 3.05) is 32.8 Å². The molecule has 2 aromatic rings. The van der Waals surface area contributed by atoms with E-state index in [9.17, 15) is 0 Å². The predicted octanol–water partition coefficient (Wildman–Crippen LogP) is 3.30. The summed E-state index contributed by atoms with van der Waals surface area (Å²) in [5, 5.41) is 7.57. The number of ether oxygens (including phenoxy) is 2. The topological polar surface area (TPSA) is 72.1 Å². The second-order valence-corrected chi connectivity index (χ2v) is 7.13. The molecule has 0 saturated carbocycles. The number of aliphatic imine (C=N–C) groups is 1. The molecular weight excluding hydrogens is 483 g/mol. The molecule has 2 aliphatic heterocycles. The van der Waals surface area contributed by atoms with Crippen LogP contribution in [0, 0.1) is 0 Å². The number of aromatic nitrogens is 1. The molecule has 7 nitrogen and oxygen atoms in total. The fourth-order valence-corrected chi connectivity index (χ4v) is 3.70. The van der Waals surface area contributed by atoms with Gasteiger partial charge in [-0.05, 0) is 19.8 Å². The maximum absolute atomic E-state index is 5.96. The van der Waals surface area contributed by atoms with Gasteiger partial charge in [0.05, 0.1) is 19.3 Å². The largest absolute Gasteiger partial charge is 0.375 e. The minimum absolute atomic E-state index is 0. The zero-order valence-corrected chi connectivity index (χ0v) is 19.1. The fraction of sp³-hybridized carbons (Fsp3) is 0.524. The SMILES string of the molecule is CCNC(=NCc1cc(-c2ccccc2)on1)N1CCOC(C2CCCO2)C1.I. The molecule has 2 fully saturated rings. The Labute approximate surface area is 188 Å². The summed E-state index contributed by atoms with van der Waals surface area (Å²) in [5.74, 6) is 1.65. The first-order chi connectivity index (χ1) is 13.8. The van der Waals surface area contributed by atoms with E-state index in [1.165, 1.54) is 0 Å². The van der Waals surface area contributed by atoms with Crippen LogP contribution in [0.3, 0.4) is 0 Å². The number of benzene rings is 1. The van der Waals surface area contributed by atoms with Crippen LogP contribution in [0.1, 0.15) is 25.5 Å². The third-order valence-corrected chi connectivity index (χ3v) is 5.12. The van der Waals surface area contributed by atoms with E-state index in [0.717, 1.165) is 62.1 Å². The highest BCUT2D eigenvalue weighted by atomic mass is 127. The van der Waals surface area contributed by atoms with Crippen molar-refractivity contribution < 1.29 is 14.0 Å². The van der Waals surface area contributed by atoms with Crippen molar-refractivity contribution in [3.63, 3.8) is 0 Å². The standard InChI is InChI=1S/C21H28N4O3.HI/c1-2-22-21(25-10-12-27-20(15-25)18-9-6-11-26-18)23-14-17-13-19(28-24-17)16-7-4-3-5-8-16;/h3-5,7-8,13,18,20H,2,6,9-12,14-15H2,1H3,(H,22,23);1H. The highest BCUT2D eigenvalue weighted by Crippen LogP contribution is 2.22. The van der Waals surface area contributed by atoms with Crippen LogP contribution in [0.4, 0.5) is 0 Å². The van der Waals surface area contributed by atoms with E-state index in [0.29, 0.717) is 13.2 Å². The molecule has 2 unspecified atom stereocenters. The highest BCUT2D eigenvalue weighted by molar-refractivity contribution is 14.0. The van der Waals surface area contributed by atoms with Crippen molar-refractivity contribution in [2.24, 2.45) is 4.99 Å². The number of nitrogens with zero attached hydrogens (tertiary/aromatic N) is 3. The molecule has 1 N–H and O–H groups in total. The first-order valence-electron chi connectivity index (χ1n) is 10.1. The van der Waals surface area contributed by atoms with E-state index in [1.807, 2.05) is 36.4 Å². The van der Waals surface area contributed by atoms with E-state index in [-0.39, 0.29) is 36.2 Å². The van der Waals surface area contributed by atoms with Gasteiger partial charge in [-0.25, -0.2) is 4.99 Å². The van der Waals surface area contributed by atoms with Gasteiger partial charge in [0.2, 0.25) is 0 Å². The molecule has 0 radical (unpaired) electrons. The minimum Gasteiger partial charge on any atom is -0.375 e. The fourth-order valence-electron chi connectivity index (χ4n) is 3.70. The Kier molecular flexibility index (Phi) is 8.31.